The summed E-state index contributed by atoms with van der Waals surface area (Å²) >= 11 is 6.04. The van der Waals surface area contributed by atoms with Gasteiger partial charge in [-0.25, -0.2) is 4.79 Å². The molecule has 1 aliphatic rings. The first-order chi connectivity index (χ1) is 9.72. The fraction of sp³-hybridized carbons (Fsp3) is 0.267. The SMILES string of the molecule is CCOC(=O)c1c(Cl)nnc2c1CCc1ccccc1-2. The quantitative estimate of drug-likeness (QED) is 0.797. The number of benzene rings is 1. The minimum atomic E-state index is -0.428. The van der Waals surface area contributed by atoms with E-state index in [1.165, 1.54) is 5.56 Å². The molecule has 2 aromatic rings. The smallest absolute Gasteiger partial charge is 0.341 e. The van der Waals surface area contributed by atoms with Crippen molar-refractivity contribution in [1.82, 2.24) is 10.2 Å². The maximum absolute atomic E-state index is 12.1. The van der Waals surface area contributed by atoms with Crippen molar-refractivity contribution in [2.75, 3.05) is 6.61 Å². The van der Waals surface area contributed by atoms with Crippen molar-refractivity contribution >= 4 is 17.6 Å². The van der Waals surface area contributed by atoms with Gasteiger partial charge in [0.05, 0.1) is 12.3 Å². The second-order valence-electron chi connectivity index (χ2n) is 4.57. The summed E-state index contributed by atoms with van der Waals surface area (Å²) in [6.45, 7) is 2.07. The van der Waals surface area contributed by atoms with Gasteiger partial charge in [0.2, 0.25) is 0 Å². The Morgan fingerprint density at radius 1 is 1.30 bits per heavy atom. The minimum Gasteiger partial charge on any atom is -0.462 e. The van der Waals surface area contributed by atoms with Crippen LogP contribution < -0.4 is 0 Å². The summed E-state index contributed by atoms with van der Waals surface area (Å²) in [6.07, 6.45) is 1.58. The summed E-state index contributed by atoms with van der Waals surface area (Å²) in [4.78, 5) is 12.1. The third kappa shape index (κ3) is 2.06. The molecule has 0 N–H and O–H groups in total. The molecule has 1 heterocycles. The van der Waals surface area contributed by atoms with Crippen LogP contribution >= 0.6 is 11.6 Å². The normalized spacial score (nSPS) is 12.5. The van der Waals surface area contributed by atoms with Gasteiger partial charge in [-0.3, -0.25) is 0 Å². The average molecular weight is 289 g/mol. The Hall–Kier alpha value is -1.94. The van der Waals surface area contributed by atoms with Crippen molar-refractivity contribution < 1.29 is 9.53 Å². The number of esters is 1. The molecule has 0 saturated heterocycles. The van der Waals surface area contributed by atoms with E-state index in [0.717, 1.165) is 29.7 Å². The zero-order valence-corrected chi connectivity index (χ0v) is 11.8. The van der Waals surface area contributed by atoms with E-state index in [2.05, 4.69) is 16.3 Å². The van der Waals surface area contributed by atoms with Gasteiger partial charge in [0, 0.05) is 5.56 Å². The lowest BCUT2D eigenvalue weighted by Crippen LogP contribution is -2.16. The van der Waals surface area contributed by atoms with Gasteiger partial charge in [-0.1, -0.05) is 35.9 Å². The van der Waals surface area contributed by atoms with Crippen molar-refractivity contribution in [2.24, 2.45) is 0 Å². The van der Waals surface area contributed by atoms with E-state index in [4.69, 9.17) is 16.3 Å². The van der Waals surface area contributed by atoms with Crippen LogP contribution in [-0.2, 0) is 17.6 Å². The highest BCUT2D eigenvalue weighted by Gasteiger charge is 2.26. The Morgan fingerprint density at radius 2 is 2.10 bits per heavy atom. The van der Waals surface area contributed by atoms with E-state index in [-0.39, 0.29) is 5.15 Å². The molecule has 0 spiro atoms. The van der Waals surface area contributed by atoms with Crippen LogP contribution in [0, 0.1) is 0 Å². The number of nitrogens with zero attached hydrogens (tertiary/aromatic N) is 2. The monoisotopic (exact) mass is 288 g/mol. The van der Waals surface area contributed by atoms with Gasteiger partial charge >= 0.3 is 5.97 Å². The van der Waals surface area contributed by atoms with Crippen LogP contribution in [0.5, 0.6) is 0 Å². The largest absolute Gasteiger partial charge is 0.462 e. The molecule has 0 atom stereocenters. The molecule has 20 heavy (non-hydrogen) atoms. The predicted octanol–water partition coefficient (Wildman–Crippen LogP) is 3.07. The summed E-state index contributed by atoms with van der Waals surface area (Å²) in [5.41, 5.74) is 4.16. The molecule has 1 aromatic carbocycles. The highest BCUT2D eigenvalue weighted by molar-refractivity contribution is 6.32. The van der Waals surface area contributed by atoms with Crippen LogP contribution in [0.2, 0.25) is 5.15 Å². The van der Waals surface area contributed by atoms with Crippen molar-refractivity contribution in [3.8, 4) is 11.3 Å². The van der Waals surface area contributed by atoms with Gasteiger partial charge in [0.1, 0.15) is 5.56 Å². The predicted molar refractivity (Wildman–Crippen MR) is 75.8 cm³/mol. The zero-order chi connectivity index (χ0) is 14.1. The van der Waals surface area contributed by atoms with Gasteiger partial charge in [-0.15, -0.1) is 10.2 Å². The fourth-order valence-corrected chi connectivity index (χ4v) is 2.78. The first-order valence-electron chi connectivity index (χ1n) is 6.52. The molecule has 102 valence electrons. The third-order valence-corrected chi connectivity index (χ3v) is 3.69. The maximum Gasteiger partial charge on any atom is 0.341 e. The molecule has 0 bridgehead atoms. The lowest BCUT2D eigenvalue weighted by molar-refractivity contribution is 0.0524. The van der Waals surface area contributed by atoms with E-state index >= 15 is 0 Å². The number of ether oxygens (including phenoxy) is 1. The van der Waals surface area contributed by atoms with E-state index in [9.17, 15) is 4.79 Å². The lowest BCUT2D eigenvalue weighted by Gasteiger charge is -2.20. The molecule has 4 nitrogen and oxygen atoms in total. The number of rotatable bonds is 2. The van der Waals surface area contributed by atoms with Crippen LogP contribution in [0.4, 0.5) is 0 Å². The van der Waals surface area contributed by atoms with Crippen LogP contribution in [0.15, 0.2) is 24.3 Å². The molecule has 0 radical (unpaired) electrons. The molecule has 3 rings (SSSR count). The number of hydrogen-bond donors (Lipinski definition) is 0. The molecule has 0 saturated carbocycles. The van der Waals surface area contributed by atoms with Crippen LogP contribution in [0.25, 0.3) is 11.3 Å². The van der Waals surface area contributed by atoms with E-state index in [1.54, 1.807) is 6.92 Å². The molecular formula is C15H13ClN2O2. The standard InChI is InChI=1S/C15H13ClN2O2/c1-2-20-15(19)12-11-8-7-9-5-3-4-6-10(9)13(11)17-18-14(12)16/h3-6H,2,7-8H2,1H3. The van der Waals surface area contributed by atoms with Crippen LogP contribution in [0.1, 0.15) is 28.4 Å². The maximum atomic E-state index is 12.1. The number of fused-ring (bicyclic) bond motifs is 3. The number of carbonyl (C=O) groups excluding carboxylic acids is 1. The van der Waals surface area contributed by atoms with Gasteiger partial charge in [0.25, 0.3) is 0 Å². The number of aryl methyl sites for hydroxylation is 1. The Bertz CT molecular complexity index is 686. The first kappa shape index (κ1) is 13.1. The molecule has 0 fully saturated rings. The van der Waals surface area contributed by atoms with Gasteiger partial charge in [-0.2, -0.15) is 0 Å². The summed E-state index contributed by atoms with van der Waals surface area (Å²) < 4.78 is 5.07. The second-order valence-corrected chi connectivity index (χ2v) is 4.93. The summed E-state index contributed by atoms with van der Waals surface area (Å²) in [7, 11) is 0. The highest BCUT2D eigenvalue weighted by Crippen LogP contribution is 2.35. The Balaban J connectivity index is 2.19. The number of carbonyl (C=O) groups is 1. The molecular weight excluding hydrogens is 276 g/mol. The second kappa shape index (κ2) is 5.21. The zero-order valence-electron chi connectivity index (χ0n) is 11.0. The van der Waals surface area contributed by atoms with Crippen molar-refractivity contribution in [2.45, 2.75) is 19.8 Å². The molecule has 1 aromatic heterocycles. The summed E-state index contributed by atoms with van der Waals surface area (Å²) in [6, 6.07) is 8.01. The van der Waals surface area contributed by atoms with Crippen molar-refractivity contribution in [3.63, 3.8) is 0 Å². The molecule has 5 heteroatoms. The summed E-state index contributed by atoms with van der Waals surface area (Å²) in [5.74, 6) is -0.428. The fourth-order valence-electron chi connectivity index (χ4n) is 2.55. The number of hydrogen-bond acceptors (Lipinski definition) is 4. The minimum absolute atomic E-state index is 0.113. The Kier molecular flexibility index (Phi) is 3.40. The first-order valence-corrected chi connectivity index (χ1v) is 6.90. The Labute approximate surface area is 121 Å². The molecule has 0 amide bonds. The van der Waals surface area contributed by atoms with Gasteiger partial charge < -0.3 is 4.74 Å². The number of aromatic nitrogens is 2. The lowest BCUT2D eigenvalue weighted by atomic mass is 9.87. The molecule has 1 aliphatic carbocycles. The van der Waals surface area contributed by atoms with E-state index in [1.807, 2.05) is 18.2 Å². The van der Waals surface area contributed by atoms with Crippen LogP contribution in [-0.4, -0.2) is 22.8 Å². The van der Waals surface area contributed by atoms with E-state index < -0.39 is 5.97 Å². The van der Waals surface area contributed by atoms with Gasteiger partial charge in [-0.05, 0) is 30.9 Å². The topological polar surface area (TPSA) is 52.1 Å². The summed E-state index contributed by atoms with van der Waals surface area (Å²) in [5, 5.41) is 8.20. The number of halogens is 1. The Morgan fingerprint density at radius 3 is 2.90 bits per heavy atom. The van der Waals surface area contributed by atoms with Crippen molar-refractivity contribution in [1.29, 1.82) is 0 Å². The highest BCUT2D eigenvalue weighted by atomic mass is 35.5. The van der Waals surface area contributed by atoms with E-state index in [0.29, 0.717) is 12.2 Å². The van der Waals surface area contributed by atoms with Gasteiger partial charge in [0.15, 0.2) is 5.15 Å². The third-order valence-electron chi connectivity index (χ3n) is 3.43. The average Bonchev–Trinajstić information content (AvgIpc) is 2.46. The molecule has 0 aliphatic heterocycles. The van der Waals surface area contributed by atoms with Crippen molar-refractivity contribution in [3.05, 3.63) is 46.1 Å². The van der Waals surface area contributed by atoms with Crippen LogP contribution in [0.3, 0.4) is 0 Å². The molecule has 0 unspecified atom stereocenters.